The number of likely N-dealkylation sites (tertiary alicyclic amines) is 1. The number of nitrogens with zero attached hydrogens (tertiary/aromatic N) is 2. The molecule has 29 heavy (non-hydrogen) atoms. The van der Waals surface area contributed by atoms with Crippen molar-refractivity contribution in [2.45, 2.75) is 26.7 Å². The Kier molecular flexibility index (Phi) is 5.17. The van der Waals surface area contributed by atoms with E-state index in [9.17, 15) is 14.0 Å². The maximum atomic E-state index is 13.5. The molecule has 2 aliphatic heterocycles. The molecule has 4 nitrogen and oxygen atoms in total. The quantitative estimate of drug-likeness (QED) is 0.679. The van der Waals surface area contributed by atoms with Crippen molar-refractivity contribution in [3.63, 3.8) is 0 Å². The van der Waals surface area contributed by atoms with Crippen molar-refractivity contribution in [1.29, 1.82) is 0 Å². The Bertz CT molecular complexity index is 1020. The fourth-order valence-corrected chi connectivity index (χ4v) is 4.29. The predicted molar refractivity (Wildman–Crippen MR) is 112 cm³/mol. The number of aryl methyl sites for hydroxylation is 1. The number of carbonyl (C=O) groups is 2. The Morgan fingerprint density at radius 2 is 1.79 bits per heavy atom. The van der Waals surface area contributed by atoms with Gasteiger partial charge in [0.25, 0.3) is 11.8 Å². The second kappa shape index (κ2) is 7.64. The highest BCUT2D eigenvalue weighted by molar-refractivity contribution is 6.45. The van der Waals surface area contributed by atoms with E-state index < -0.39 is 5.91 Å². The minimum absolute atomic E-state index is 0.323. The minimum atomic E-state index is -0.403. The lowest BCUT2D eigenvalue weighted by Gasteiger charge is -2.33. The highest BCUT2D eigenvalue weighted by Crippen LogP contribution is 2.38. The van der Waals surface area contributed by atoms with Crippen molar-refractivity contribution >= 4 is 34.7 Å². The van der Waals surface area contributed by atoms with Gasteiger partial charge in [0.2, 0.25) is 0 Å². The summed E-state index contributed by atoms with van der Waals surface area (Å²) >= 11 is 6.15. The van der Waals surface area contributed by atoms with Crippen molar-refractivity contribution in [1.82, 2.24) is 4.90 Å². The fourth-order valence-electron chi connectivity index (χ4n) is 4.12. The predicted octanol–water partition coefficient (Wildman–Crippen LogP) is 4.80. The number of amides is 2. The third kappa shape index (κ3) is 3.55. The number of carbonyl (C=O) groups excluding carboxylic acids is 2. The number of benzene rings is 2. The Morgan fingerprint density at radius 3 is 2.48 bits per heavy atom. The van der Waals surface area contributed by atoms with E-state index in [1.807, 2.05) is 11.8 Å². The van der Waals surface area contributed by atoms with Crippen LogP contribution in [-0.2, 0) is 9.59 Å². The minimum Gasteiger partial charge on any atom is -0.366 e. The van der Waals surface area contributed by atoms with Gasteiger partial charge >= 0.3 is 0 Å². The molecule has 0 aromatic heterocycles. The van der Waals surface area contributed by atoms with Crippen LogP contribution in [0.15, 0.2) is 48.2 Å². The van der Waals surface area contributed by atoms with Crippen LogP contribution < -0.4 is 4.90 Å². The average Bonchev–Trinajstić information content (AvgIpc) is 2.95. The van der Waals surface area contributed by atoms with Gasteiger partial charge in [-0.15, -0.1) is 0 Å². The molecule has 0 bridgehead atoms. The standard InChI is InChI=1S/C23H22ClFN2O2/c1-14-4-3-11-26(13-14)21-20(16-6-9-18(25)10-7-16)22(28)27(23(21)29)19-12-17(24)8-5-15(19)2/h5-10,12,14H,3-4,11,13H2,1-2H3. The van der Waals surface area contributed by atoms with E-state index in [-0.39, 0.29) is 11.7 Å². The number of halogens is 2. The summed E-state index contributed by atoms with van der Waals surface area (Å²) < 4.78 is 13.5. The van der Waals surface area contributed by atoms with Gasteiger partial charge in [0.1, 0.15) is 11.5 Å². The maximum absolute atomic E-state index is 13.5. The van der Waals surface area contributed by atoms with Crippen molar-refractivity contribution in [2.24, 2.45) is 5.92 Å². The Morgan fingerprint density at radius 1 is 1.07 bits per heavy atom. The molecule has 0 spiro atoms. The van der Waals surface area contributed by atoms with Gasteiger partial charge in [-0.2, -0.15) is 0 Å². The largest absolute Gasteiger partial charge is 0.366 e. The summed E-state index contributed by atoms with van der Waals surface area (Å²) in [5.74, 6) is -0.716. The van der Waals surface area contributed by atoms with Gasteiger partial charge < -0.3 is 4.90 Å². The molecule has 1 atom stereocenters. The molecule has 2 aromatic rings. The topological polar surface area (TPSA) is 40.6 Å². The maximum Gasteiger partial charge on any atom is 0.282 e. The zero-order chi connectivity index (χ0) is 20.7. The highest BCUT2D eigenvalue weighted by Gasteiger charge is 2.43. The molecular formula is C23H22ClFN2O2. The molecule has 0 N–H and O–H groups in total. The second-order valence-corrected chi connectivity index (χ2v) is 8.24. The highest BCUT2D eigenvalue weighted by atomic mass is 35.5. The number of piperidine rings is 1. The third-order valence-corrected chi connectivity index (χ3v) is 5.81. The number of hydrogen-bond acceptors (Lipinski definition) is 3. The smallest absolute Gasteiger partial charge is 0.282 e. The summed E-state index contributed by atoms with van der Waals surface area (Å²) in [6, 6.07) is 10.9. The molecule has 1 fully saturated rings. The van der Waals surface area contributed by atoms with Crippen LogP contribution in [0.5, 0.6) is 0 Å². The lowest BCUT2D eigenvalue weighted by atomic mass is 9.98. The summed E-state index contributed by atoms with van der Waals surface area (Å²) in [5.41, 5.74) is 2.52. The Hall–Kier alpha value is -2.66. The first kappa shape index (κ1) is 19.6. The Labute approximate surface area is 174 Å². The van der Waals surface area contributed by atoms with Crippen molar-refractivity contribution < 1.29 is 14.0 Å². The van der Waals surface area contributed by atoms with Crippen molar-refractivity contribution in [2.75, 3.05) is 18.0 Å². The van der Waals surface area contributed by atoms with E-state index in [1.165, 1.54) is 17.0 Å². The summed E-state index contributed by atoms with van der Waals surface area (Å²) in [6.45, 7) is 5.41. The van der Waals surface area contributed by atoms with E-state index in [0.29, 0.717) is 46.6 Å². The molecular weight excluding hydrogens is 391 g/mol. The van der Waals surface area contributed by atoms with Crippen molar-refractivity contribution in [3.05, 3.63) is 70.1 Å². The van der Waals surface area contributed by atoms with Crippen LogP contribution >= 0.6 is 11.6 Å². The molecule has 2 aliphatic rings. The van der Waals surface area contributed by atoms with Crippen molar-refractivity contribution in [3.8, 4) is 0 Å². The van der Waals surface area contributed by atoms with E-state index in [1.54, 1.807) is 30.3 Å². The molecule has 1 saturated heterocycles. The van der Waals surface area contributed by atoms with Gasteiger partial charge in [-0.1, -0.05) is 36.7 Å². The summed E-state index contributed by atoms with van der Waals surface area (Å²) in [4.78, 5) is 30.2. The van der Waals surface area contributed by atoms with E-state index in [4.69, 9.17) is 11.6 Å². The van der Waals surface area contributed by atoms with Gasteiger partial charge in [-0.25, -0.2) is 9.29 Å². The average molecular weight is 413 g/mol. The number of rotatable bonds is 3. The van der Waals surface area contributed by atoms with Crippen LogP contribution in [-0.4, -0.2) is 29.8 Å². The first-order chi connectivity index (χ1) is 13.9. The number of imide groups is 1. The van der Waals surface area contributed by atoms with Gasteiger partial charge in [0.05, 0.1) is 11.3 Å². The van der Waals surface area contributed by atoms with Gasteiger partial charge in [-0.3, -0.25) is 9.59 Å². The summed E-state index contributed by atoms with van der Waals surface area (Å²) in [5, 5.41) is 0.453. The first-order valence-electron chi connectivity index (χ1n) is 9.77. The molecule has 6 heteroatoms. The summed E-state index contributed by atoms with van der Waals surface area (Å²) in [6.07, 6.45) is 2.05. The lowest BCUT2D eigenvalue weighted by Crippen LogP contribution is -2.39. The van der Waals surface area contributed by atoms with Gasteiger partial charge in [0, 0.05) is 18.1 Å². The number of hydrogen-bond donors (Lipinski definition) is 0. The van der Waals surface area contributed by atoms with E-state index >= 15 is 0 Å². The van der Waals surface area contributed by atoms with Crippen LogP contribution in [0.25, 0.3) is 5.57 Å². The molecule has 0 saturated carbocycles. The van der Waals surface area contributed by atoms with E-state index in [2.05, 4.69) is 6.92 Å². The SMILES string of the molecule is Cc1ccc(Cl)cc1N1C(=O)C(c2ccc(F)cc2)=C(N2CCCC(C)C2)C1=O. The molecule has 0 aliphatic carbocycles. The molecule has 4 rings (SSSR count). The van der Waals surface area contributed by atoms with Gasteiger partial charge in [-0.05, 0) is 61.1 Å². The van der Waals surface area contributed by atoms with Gasteiger partial charge in [0.15, 0.2) is 0 Å². The summed E-state index contributed by atoms with van der Waals surface area (Å²) in [7, 11) is 0. The second-order valence-electron chi connectivity index (χ2n) is 7.80. The van der Waals surface area contributed by atoms with Crippen LogP contribution in [0.2, 0.25) is 5.02 Å². The Balaban J connectivity index is 1.85. The van der Waals surface area contributed by atoms with E-state index in [0.717, 1.165) is 18.4 Å². The zero-order valence-corrected chi connectivity index (χ0v) is 17.2. The third-order valence-electron chi connectivity index (χ3n) is 5.58. The van der Waals surface area contributed by atoms with Crippen LogP contribution in [0, 0.1) is 18.7 Å². The monoisotopic (exact) mass is 412 g/mol. The first-order valence-corrected chi connectivity index (χ1v) is 10.1. The molecule has 2 heterocycles. The molecule has 0 radical (unpaired) electrons. The molecule has 150 valence electrons. The fraction of sp³-hybridized carbons (Fsp3) is 0.304. The molecule has 2 amide bonds. The van der Waals surface area contributed by atoms with Crippen LogP contribution in [0.1, 0.15) is 30.9 Å². The van der Waals surface area contributed by atoms with Crippen LogP contribution in [0.3, 0.4) is 0 Å². The van der Waals surface area contributed by atoms with Crippen LogP contribution in [0.4, 0.5) is 10.1 Å². The number of anilines is 1. The lowest BCUT2D eigenvalue weighted by molar-refractivity contribution is -0.120. The normalized spacial score (nSPS) is 20.1. The zero-order valence-electron chi connectivity index (χ0n) is 16.4. The molecule has 2 aromatic carbocycles. The molecule has 1 unspecified atom stereocenters.